The Morgan fingerprint density at radius 1 is 1.00 bits per heavy atom. The van der Waals surface area contributed by atoms with Crippen LogP contribution in [0.25, 0.3) is 0 Å². The van der Waals surface area contributed by atoms with Gasteiger partial charge >= 0.3 is 0 Å². The molecule has 10 heteroatoms. The van der Waals surface area contributed by atoms with Gasteiger partial charge in [0.2, 0.25) is 15.9 Å². The molecule has 0 radical (unpaired) electrons. The van der Waals surface area contributed by atoms with Crippen LogP contribution in [0.3, 0.4) is 0 Å². The molecule has 0 aliphatic rings. The molecule has 0 unspecified atom stereocenters. The Hall–Kier alpha value is -2.49. The zero-order valence-corrected chi connectivity index (χ0v) is 18.1. The fourth-order valence-electron chi connectivity index (χ4n) is 2.50. The monoisotopic (exact) mass is 442 g/mol. The van der Waals surface area contributed by atoms with Gasteiger partial charge < -0.3 is 19.5 Å². The molecule has 158 valence electrons. The van der Waals surface area contributed by atoms with E-state index in [-0.39, 0.29) is 16.5 Å². The van der Waals surface area contributed by atoms with E-state index in [9.17, 15) is 13.2 Å². The van der Waals surface area contributed by atoms with E-state index in [0.29, 0.717) is 17.2 Å². The molecule has 0 spiro atoms. The first-order chi connectivity index (χ1) is 13.7. The predicted molar refractivity (Wildman–Crippen MR) is 109 cm³/mol. The molecule has 0 saturated heterocycles. The lowest BCUT2D eigenvalue weighted by Crippen LogP contribution is -2.44. The number of sulfonamides is 1. The number of ether oxygens (including phenoxy) is 3. The van der Waals surface area contributed by atoms with Gasteiger partial charge in [-0.3, -0.25) is 4.79 Å². The Labute approximate surface area is 175 Å². The SMILES string of the molecule is COc1ccc(S(=O)(=O)N[C@H](C)C(=O)NCc2ccc(OC)c(OC)c2)cc1Cl. The van der Waals surface area contributed by atoms with E-state index in [1.165, 1.54) is 46.5 Å². The molecule has 0 heterocycles. The van der Waals surface area contributed by atoms with Crippen LogP contribution in [0.5, 0.6) is 17.2 Å². The third-order valence-corrected chi connectivity index (χ3v) is 5.91. The molecule has 1 atom stereocenters. The molecule has 0 bridgehead atoms. The third-order valence-electron chi connectivity index (χ3n) is 4.07. The third kappa shape index (κ3) is 5.75. The second kappa shape index (κ2) is 9.82. The van der Waals surface area contributed by atoms with Crippen LogP contribution in [-0.4, -0.2) is 41.7 Å². The van der Waals surface area contributed by atoms with Gasteiger partial charge in [0.25, 0.3) is 0 Å². The van der Waals surface area contributed by atoms with Crippen molar-refractivity contribution in [1.82, 2.24) is 10.0 Å². The van der Waals surface area contributed by atoms with Crippen molar-refractivity contribution in [2.24, 2.45) is 0 Å². The molecule has 0 aliphatic heterocycles. The molecular formula is C19H23ClN2O6S. The van der Waals surface area contributed by atoms with Gasteiger partial charge in [0.1, 0.15) is 5.75 Å². The minimum atomic E-state index is -3.94. The summed E-state index contributed by atoms with van der Waals surface area (Å²) < 4.78 is 42.7. The molecule has 2 aromatic carbocycles. The number of hydrogen-bond donors (Lipinski definition) is 2. The molecule has 29 heavy (non-hydrogen) atoms. The molecule has 2 aromatic rings. The Balaban J connectivity index is 2.02. The number of methoxy groups -OCH3 is 3. The second-order valence-corrected chi connectivity index (χ2v) is 8.17. The number of carbonyl (C=O) groups is 1. The summed E-state index contributed by atoms with van der Waals surface area (Å²) in [6.45, 7) is 1.65. The van der Waals surface area contributed by atoms with Crippen LogP contribution in [0.2, 0.25) is 5.02 Å². The average molecular weight is 443 g/mol. The zero-order valence-electron chi connectivity index (χ0n) is 16.5. The summed E-state index contributed by atoms with van der Waals surface area (Å²) in [5, 5.41) is 2.84. The van der Waals surface area contributed by atoms with Crippen molar-refractivity contribution in [2.45, 2.75) is 24.4 Å². The first-order valence-electron chi connectivity index (χ1n) is 8.56. The number of nitrogens with one attached hydrogen (secondary N) is 2. The first kappa shape index (κ1) is 22.8. The lowest BCUT2D eigenvalue weighted by molar-refractivity contribution is -0.122. The standard InChI is InChI=1S/C19H23ClN2O6S/c1-12(22-29(24,25)14-6-8-16(26-2)15(20)10-14)19(23)21-11-13-5-7-17(27-3)18(9-13)28-4/h5-10,12,22H,11H2,1-4H3,(H,21,23)/t12-/m1/s1. The van der Waals surface area contributed by atoms with Crippen molar-refractivity contribution in [3.63, 3.8) is 0 Å². The largest absolute Gasteiger partial charge is 0.495 e. The van der Waals surface area contributed by atoms with Gasteiger partial charge in [-0.15, -0.1) is 0 Å². The summed E-state index contributed by atoms with van der Waals surface area (Å²) >= 11 is 5.98. The van der Waals surface area contributed by atoms with E-state index in [0.717, 1.165) is 5.56 Å². The highest BCUT2D eigenvalue weighted by molar-refractivity contribution is 7.89. The molecule has 0 aliphatic carbocycles. The summed E-state index contributed by atoms with van der Waals surface area (Å²) in [5.74, 6) is 0.973. The van der Waals surface area contributed by atoms with Gasteiger partial charge in [-0.2, -0.15) is 4.72 Å². The molecule has 8 nitrogen and oxygen atoms in total. The van der Waals surface area contributed by atoms with Gasteiger partial charge in [0.05, 0.1) is 37.3 Å². The molecule has 0 aromatic heterocycles. The van der Waals surface area contributed by atoms with Crippen LogP contribution in [0.15, 0.2) is 41.3 Å². The van der Waals surface area contributed by atoms with E-state index in [4.69, 9.17) is 25.8 Å². The van der Waals surface area contributed by atoms with Crippen molar-refractivity contribution in [2.75, 3.05) is 21.3 Å². The van der Waals surface area contributed by atoms with Crippen molar-refractivity contribution < 1.29 is 27.4 Å². The summed E-state index contributed by atoms with van der Waals surface area (Å²) in [4.78, 5) is 12.3. The lowest BCUT2D eigenvalue weighted by atomic mass is 10.2. The van der Waals surface area contributed by atoms with E-state index in [2.05, 4.69) is 10.0 Å². The van der Waals surface area contributed by atoms with Gasteiger partial charge in [-0.05, 0) is 42.8 Å². The van der Waals surface area contributed by atoms with Crippen LogP contribution in [0.1, 0.15) is 12.5 Å². The maximum absolute atomic E-state index is 12.5. The minimum absolute atomic E-state index is 0.0668. The average Bonchev–Trinajstić information content (AvgIpc) is 2.71. The normalized spacial score (nSPS) is 12.2. The highest BCUT2D eigenvalue weighted by Crippen LogP contribution is 2.28. The van der Waals surface area contributed by atoms with E-state index in [1.807, 2.05) is 0 Å². The highest BCUT2D eigenvalue weighted by Gasteiger charge is 2.23. The van der Waals surface area contributed by atoms with E-state index < -0.39 is 22.0 Å². The van der Waals surface area contributed by atoms with Gasteiger partial charge in [-0.25, -0.2) is 8.42 Å². The Morgan fingerprint density at radius 3 is 2.21 bits per heavy atom. The van der Waals surface area contributed by atoms with Gasteiger partial charge in [0, 0.05) is 6.54 Å². The van der Waals surface area contributed by atoms with Crippen LogP contribution in [-0.2, 0) is 21.4 Å². The molecule has 0 saturated carbocycles. The fraction of sp³-hybridized carbons (Fsp3) is 0.316. The van der Waals surface area contributed by atoms with E-state index >= 15 is 0 Å². The fourth-order valence-corrected chi connectivity index (χ4v) is 4.05. The lowest BCUT2D eigenvalue weighted by Gasteiger charge is -2.15. The topological polar surface area (TPSA) is 103 Å². The summed E-state index contributed by atoms with van der Waals surface area (Å²) in [6.07, 6.45) is 0. The van der Waals surface area contributed by atoms with Crippen molar-refractivity contribution in [3.05, 3.63) is 47.0 Å². The Morgan fingerprint density at radius 2 is 1.62 bits per heavy atom. The number of rotatable bonds is 9. The van der Waals surface area contributed by atoms with Gasteiger partial charge in [0.15, 0.2) is 11.5 Å². The predicted octanol–water partition coefficient (Wildman–Crippen LogP) is 2.35. The number of amides is 1. The van der Waals surface area contributed by atoms with Crippen LogP contribution >= 0.6 is 11.6 Å². The number of halogens is 1. The van der Waals surface area contributed by atoms with Gasteiger partial charge in [-0.1, -0.05) is 17.7 Å². The van der Waals surface area contributed by atoms with Crippen LogP contribution in [0.4, 0.5) is 0 Å². The molecule has 0 fully saturated rings. The molecular weight excluding hydrogens is 420 g/mol. The smallest absolute Gasteiger partial charge is 0.241 e. The minimum Gasteiger partial charge on any atom is -0.495 e. The molecule has 2 rings (SSSR count). The van der Waals surface area contributed by atoms with Crippen molar-refractivity contribution in [3.8, 4) is 17.2 Å². The molecule has 2 N–H and O–H groups in total. The number of hydrogen-bond acceptors (Lipinski definition) is 6. The highest BCUT2D eigenvalue weighted by atomic mass is 35.5. The molecule has 1 amide bonds. The van der Waals surface area contributed by atoms with Crippen molar-refractivity contribution in [1.29, 1.82) is 0 Å². The zero-order chi connectivity index (χ0) is 21.6. The Kier molecular flexibility index (Phi) is 7.72. The summed E-state index contributed by atoms with van der Waals surface area (Å²) in [6, 6.07) is 8.28. The van der Waals surface area contributed by atoms with Crippen LogP contribution < -0.4 is 24.2 Å². The number of benzene rings is 2. The van der Waals surface area contributed by atoms with Crippen LogP contribution in [0, 0.1) is 0 Å². The van der Waals surface area contributed by atoms with E-state index in [1.54, 1.807) is 18.2 Å². The maximum atomic E-state index is 12.5. The number of carbonyl (C=O) groups excluding carboxylic acids is 1. The summed E-state index contributed by atoms with van der Waals surface area (Å²) in [5.41, 5.74) is 0.771. The quantitative estimate of drug-likeness (QED) is 0.618. The first-order valence-corrected chi connectivity index (χ1v) is 10.4. The maximum Gasteiger partial charge on any atom is 0.241 e. The van der Waals surface area contributed by atoms with Crippen molar-refractivity contribution >= 4 is 27.5 Å². The summed E-state index contributed by atoms with van der Waals surface area (Å²) in [7, 11) is 0.534. The second-order valence-electron chi connectivity index (χ2n) is 6.05. The Bertz CT molecular complexity index is 981.